The zero-order valence-corrected chi connectivity index (χ0v) is 11.6. The van der Waals surface area contributed by atoms with Gasteiger partial charge in [-0.1, -0.05) is 6.07 Å². The first kappa shape index (κ1) is 17.0. The van der Waals surface area contributed by atoms with Crippen LogP contribution in [0.1, 0.15) is 12.0 Å². The van der Waals surface area contributed by atoms with Crippen LogP contribution < -0.4 is 0 Å². The van der Waals surface area contributed by atoms with Gasteiger partial charge >= 0.3 is 17.9 Å². The van der Waals surface area contributed by atoms with Crippen molar-refractivity contribution in [3.8, 4) is 11.5 Å². The number of carboxylic acid groups (broad SMARTS) is 1. The summed E-state index contributed by atoms with van der Waals surface area (Å²) in [6.45, 7) is 0. The number of rotatable bonds is 6. The van der Waals surface area contributed by atoms with Gasteiger partial charge in [0.1, 0.15) is 0 Å². The van der Waals surface area contributed by atoms with Crippen molar-refractivity contribution in [2.75, 3.05) is 7.11 Å². The Morgan fingerprint density at radius 1 is 1.23 bits per heavy atom. The Morgan fingerprint density at radius 3 is 2.45 bits per heavy atom. The van der Waals surface area contributed by atoms with Crippen LogP contribution in [0.3, 0.4) is 0 Å². The fourth-order valence-corrected chi connectivity index (χ4v) is 1.40. The molecule has 0 bridgehead atoms. The van der Waals surface area contributed by atoms with Gasteiger partial charge in [-0.2, -0.15) is 0 Å². The summed E-state index contributed by atoms with van der Waals surface area (Å²) in [5.74, 6) is -3.97. The van der Waals surface area contributed by atoms with Gasteiger partial charge in [0.15, 0.2) is 11.5 Å². The predicted molar refractivity (Wildman–Crippen MR) is 73.0 cm³/mol. The highest BCUT2D eigenvalue weighted by atomic mass is 16.6. The first-order valence-corrected chi connectivity index (χ1v) is 6.03. The number of aliphatic carboxylic acids is 1. The van der Waals surface area contributed by atoms with E-state index in [1.54, 1.807) is 0 Å². The molecule has 0 saturated carbocycles. The molecule has 1 atom stereocenters. The summed E-state index contributed by atoms with van der Waals surface area (Å²) in [7, 11) is 1.08. The van der Waals surface area contributed by atoms with E-state index in [0.717, 1.165) is 13.2 Å². The molecule has 0 aliphatic carbocycles. The van der Waals surface area contributed by atoms with E-state index in [0.29, 0.717) is 5.56 Å². The maximum Gasteiger partial charge on any atom is 0.345 e. The van der Waals surface area contributed by atoms with Crippen LogP contribution >= 0.6 is 0 Å². The third kappa shape index (κ3) is 5.16. The molecule has 22 heavy (non-hydrogen) atoms. The second-order valence-corrected chi connectivity index (χ2v) is 4.13. The number of carboxylic acids is 1. The minimum atomic E-state index is -1.65. The van der Waals surface area contributed by atoms with E-state index in [2.05, 4.69) is 9.47 Å². The lowest BCUT2D eigenvalue weighted by atomic mass is 10.2. The molecule has 1 unspecified atom stereocenters. The second-order valence-electron chi connectivity index (χ2n) is 4.13. The normalized spacial score (nSPS) is 11.9. The lowest BCUT2D eigenvalue weighted by molar-refractivity contribution is -0.165. The van der Waals surface area contributed by atoms with Crippen molar-refractivity contribution >= 4 is 24.0 Å². The van der Waals surface area contributed by atoms with E-state index >= 15 is 0 Å². The Morgan fingerprint density at radius 2 is 1.91 bits per heavy atom. The summed E-state index contributed by atoms with van der Waals surface area (Å²) in [6, 6.07) is 3.84. The Balaban J connectivity index is 2.70. The third-order valence-corrected chi connectivity index (χ3v) is 2.52. The van der Waals surface area contributed by atoms with Crippen LogP contribution in [-0.2, 0) is 23.9 Å². The van der Waals surface area contributed by atoms with Crippen molar-refractivity contribution in [3.63, 3.8) is 0 Å². The molecule has 0 aliphatic rings. The average molecular weight is 310 g/mol. The Hall–Kier alpha value is -3.03. The Labute approximate surface area is 125 Å². The number of methoxy groups -OCH3 is 1. The Bertz CT molecular complexity index is 605. The maximum atomic E-state index is 11.5. The fraction of sp³-hybridized carbons (Fsp3) is 0.214. The number of phenolic OH excluding ortho intramolecular Hbond substituents is 2. The van der Waals surface area contributed by atoms with Crippen LogP contribution in [0, 0.1) is 0 Å². The topological polar surface area (TPSA) is 130 Å². The zero-order chi connectivity index (χ0) is 16.7. The molecular formula is C14H14O8. The molecule has 1 rings (SSSR count). The minimum Gasteiger partial charge on any atom is -0.504 e. The number of aromatic hydroxyl groups is 2. The number of hydrogen-bond acceptors (Lipinski definition) is 7. The van der Waals surface area contributed by atoms with Gasteiger partial charge in [-0.15, -0.1) is 0 Å². The molecule has 118 valence electrons. The summed E-state index contributed by atoms with van der Waals surface area (Å²) in [6.07, 6.45) is -0.0824. The van der Waals surface area contributed by atoms with Gasteiger partial charge in [-0.3, -0.25) is 4.79 Å². The highest BCUT2D eigenvalue weighted by Gasteiger charge is 2.25. The number of carbonyl (C=O) groups excluding carboxylic acids is 2. The molecule has 1 aromatic carbocycles. The monoisotopic (exact) mass is 310 g/mol. The first-order valence-electron chi connectivity index (χ1n) is 6.03. The highest BCUT2D eigenvalue weighted by molar-refractivity contribution is 5.90. The molecule has 8 nitrogen and oxygen atoms in total. The van der Waals surface area contributed by atoms with Crippen LogP contribution in [0.4, 0.5) is 0 Å². The van der Waals surface area contributed by atoms with Gasteiger partial charge in [-0.25, -0.2) is 9.59 Å². The smallest absolute Gasteiger partial charge is 0.345 e. The standard InChI is InChI=1S/C14H14O8/c1-21-13(18)7-11(14(19)20)22-12(17)5-3-8-2-4-9(15)10(16)6-8/h2-6,11,15-16H,7H2,1H3,(H,19,20)/b5-3+. The molecule has 0 aliphatic heterocycles. The quantitative estimate of drug-likeness (QED) is 0.397. The van der Waals surface area contributed by atoms with E-state index < -0.39 is 30.4 Å². The third-order valence-electron chi connectivity index (χ3n) is 2.52. The molecule has 0 fully saturated rings. The lowest BCUT2D eigenvalue weighted by Gasteiger charge is -2.10. The van der Waals surface area contributed by atoms with Crippen molar-refractivity contribution in [1.82, 2.24) is 0 Å². The molecule has 0 heterocycles. The van der Waals surface area contributed by atoms with Crippen molar-refractivity contribution in [2.45, 2.75) is 12.5 Å². The lowest BCUT2D eigenvalue weighted by Crippen LogP contribution is -2.29. The molecular weight excluding hydrogens is 296 g/mol. The van der Waals surface area contributed by atoms with Crippen LogP contribution in [-0.4, -0.2) is 46.4 Å². The largest absolute Gasteiger partial charge is 0.504 e. The predicted octanol–water partition coefficient (Wildman–Crippen LogP) is 0.670. The van der Waals surface area contributed by atoms with Gasteiger partial charge in [0.25, 0.3) is 0 Å². The van der Waals surface area contributed by atoms with Crippen LogP contribution in [0.25, 0.3) is 6.08 Å². The van der Waals surface area contributed by atoms with Gasteiger partial charge in [0.05, 0.1) is 13.5 Å². The number of esters is 2. The van der Waals surface area contributed by atoms with Crippen molar-refractivity contribution in [2.24, 2.45) is 0 Å². The van der Waals surface area contributed by atoms with Crippen LogP contribution in [0.2, 0.25) is 0 Å². The molecule has 3 N–H and O–H groups in total. The number of hydrogen-bond donors (Lipinski definition) is 3. The maximum absolute atomic E-state index is 11.5. The highest BCUT2D eigenvalue weighted by Crippen LogP contribution is 2.25. The molecule has 0 radical (unpaired) electrons. The minimum absolute atomic E-state index is 0.316. The zero-order valence-electron chi connectivity index (χ0n) is 11.6. The number of ether oxygens (including phenoxy) is 2. The number of benzene rings is 1. The molecule has 0 spiro atoms. The van der Waals surface area contributed by atoms with E-state index in [1.807, 2.05) is 0 Å². The molecule has 0 aromatic heterocycles. The van der Waals surface area contributed by atoms with E-state index in [4.69, 9.17) is 10.2 Å². The second kappa shape index (κ2) is 7.67. The number of phenols is 2. The van der Waals surface area contributed by atoms with Crippen molar-refractivity contribution in [1.29, 1.82) is 0 Å². The summed E-state index contributed by atoms with van der Waals surface area (Å²) in [5, 5.41) is 27.3. The molecule has 0 saturated heterocycles. The van der Waals surface area contributed by atoms with Crippen molar-refractivity contribution < 1.29 is 39.2 Å². The Kier molecular flexibility index (Phi) is 5.94. The summed E-state index contributed by atoms with van der Waals surface area (Å²) >= 11 is 0. The fourth-order valence-electron chi connectivity index (χ4n) is 1.40. The van der Waals surface area contributed by atoms with E-state index in [1.165, 1.54) is 24.3 Å². The summed E-state index contributed by atoms with van der Waals surface area (Å²) in [4.78, 5) is 33.4. The van der Waals surface area contributed by atoms with Gasteiger partial charge in [0, 0.05) is 6.08 Å². The van der Waals surface area contributed by atoms with Gasteiger partial charge < -0.3 is 24.8 Å². The van der Waals surface area contributed by atoms with E-state index in [9.17, 15) is 19.5 Å². The summed E-state index contributed by atoms with van der Waals surface area (Å²) in [5.41, 5.74) is 0.382. The molecule has 8 heteroatoms. The van der Waals surface area contributed by atoms with E-state index in [-0.39, 0.29) is 11.5 Å². The molecule has 1 aromatic rings. The average Bonchev–Trinajstić information content (AvgIpc) is 2.47. The van der Waals surface area contributed by atoms with Gasteiger partial charge in [0.2, 0.25) is 6.10 Å². The SMILES string of the molecule is COC(=O)CC(OC(=O)/C=C/c1ccc(O)c(O)c1)C(=O)O. The number of carbonyl (C=O) groups is 3. The first-order chi connectivity index (χ1) is 10.3. The van der Waals surface area contributed by atoms with Gasteiger partial charge in [-0.05, 0) is 23.8 Å². The van der Waals surface area contributed by atoms with Crippen LogP contribution in [0.15, 0.2) is 24.3 Å². The summed E-state index contributed by atoms with van der Waals surface area (Å²) < 4.78 is 8.93. The van der Waals surface area contributed by atoms with Crippen LogP contribution in [0.5, 0.6) is 11.5 Å². The molecule has 0 amide bonds. The van der Waals surface area contributed by atoms with Crippen molar-refractivity contribution in [3.05, 3.63) is 29.8 Å².